The van der Waals surface area contributed by atoms with Gasteiger partial charge in [-0.3, -0.25) is 0 Å². The third-order valence-electron chi connectivity index (χ3n) is 3.30. The molecule has 0 heterocycles. The second-order valence-corrected chi connectivity index (χ2v) is 4.96. The Morgan fingerprint density at radius 3 is 2.64 bits per heavy atom. The van der Waals surface area contributed by atoms with Gasteiger partial charge in [-0.25, -0.2) is 9.18 Å². The third-order valence-corrected chi connectivity index (χ3v) is 3.30. The van der Waals surface area contributed by atoms with Crippen LogP contribution in [0.2, 0.25) is 0 Å². The van der Waals surface area contributed by atoms with Crippen molar-refractivity contribution >= 4 is 11.7 Å². The highest BCUT2D eigenvalue weighted by molar-refractivity contribution is 5.89. The monoisotopic (exact) mass is 302 g/mol. The highest BCUT2D eigenvalue weighted by Crippen LogP contribution is 2.13. The Morgan fingerprint density at radius 2 is 1.95 bits per heavy atom. The van der Waals surface area contributed by atoms with Crippen LogP contribution in [0.3, 0.4) is 0 Å². The van der Waals surface area contributed by atoms with Gasteiger partial charge in [-0.15, -0.1) is 0 Å². The molecule has 3 N–H and O–H groups in total. The van der Waals surface area contributed by atoms with Crippen molar-refractivity contribution in [2.24, 2.45) is 0 Å². The van der Waals surface area contributed by atoms with E-state index < -0.39 is 12.1 Å². The van der Waals surface area contributed by atoms with Gasteiger partial charge >= 0.3 is 6.03 Å². The summed E-state index contributed by atoms with van der Waals surface area (Å²) in [6, 6.07) is 12.7. The molecule has 0 aliphatic carbocycles. The van der Waals surface area contributed by atoms with Crippen molar-refractivity contribution in [2.45, 2.75) is 19.4 Å². The maximum absolute atomic E-state index is 12.8. The number of benzene rings is 2. The van der Waals surface area contributed by atoms with Crippen LogP contribution in [0.15, 0.2) is 48.5 Å². The number of halogens is 1. The van der Waals surface area contributed by atoms with Crippen LogP contribution in [0.25, 0.3) is 0 Å². The first-order valence-electron chi connectivity index (χ1n) is 7.16. The Kier molecular flexibility index (Phi) is 5.49. The zero-order valence-electron chi connectivity index (χ0n) is 12.3. The first-order chi connectivity index (χ1) is 10.6. The number of nitrogens with one attached hydrogen (secondary N) is 2. The highest BCUT2D eigenvalue weighted by atomic mass is 19.1. The molecule has 0 bridgehead atoms. The molecule has 5 heteroatoms. The SMILES string of the molecule is CCc1cccc(NC(=O)NCC(O)c2ccc(F)cc2)c1. The molecular formula is C17H19FN2O2. The number of hydrogen-bond acceptors (Lipinski definition) is 2. The molecule has 1 atom stereocenters. The van der Waals surface area contributed by atoms with Crippen molar-refractivity contribution < 1.29 is 14.3 Å². The van der Waals surface area contributed by atoms with Gasteiger partial charge in [0.1, 0.15) is 5.82 Å². The first-order valence-corrected chi connectivity index (χ1v) is 7.16. The number of carbonyl (C=O) groups excluding carboxylic acids is 1. The van der Waals surface area contributed by atoms with Crippen LogP contribution in [-0.2, 0) is 6.42 Å². The molecule has 1 unspecified atom stereocenters. The number of aryl methyl sites for hydroxylation is 1. The fraction of sp³-hybridized carbons (Fsp3) is 0.235. The topological polar surface area (TPSA) is 61.4 Å². The summed E-state index contributed by atoms with van der Waals surface area (Å²) in [5.74, 6) is -0.363. The minimum atomic E-state index is -0.881. The largest absolute Gasteiger partial charge is 0.387 e. The molecule has 116 valence electrons. The second kappa shape index (κ2) is 7.56. The Bertz CT molecular complexity index is 629. The Hall–Kier alpha value is -2.40. The third kappa shape index (κ3) is 4.56. The van der Waals surface area contributed by atoms with Gasteiger partial charge < -0.3 is 15.7 Å². The normalized spacial score (nSPS) is 11.8. The first kappa shape index (κ1) is 16.0. The van der Waals surface area contributed by atoms with E-state index in [4.69, 9.17) is 0 Å². The Labute approximate surface area is 129 Å². The summed E-state index contributed by atoms with van der Waals surface area (Å²) in [5.41, 5.74) is 2.38. The van der Waals surface area contributed by atoms with Crippen molar-refractivity contribution in [3.63, 3.8) is 0 Å². The smallest absolute Gasteiger partial charge is 0.319 e. The molecule has 2 rings (SSSR count). The van der Waals surface area contributed by atoms with Gasteiger partial charge in [-0.05, 0) is 41.8 Å². The van der Waals surface area contributed by atoms with Crippen molar-refractivity contribution in [3.8, 4) is 0 Å². The number of amides is 2. The van der Waals surface area contributed by atoms with Crippen LogP contribution >= 0.6 is 0 Å². The number of urea groups is 1. The summed E-state index contributed by atoms with van der Waals surface area (Å²) in [6.45, 7) is 2.09. The molecule has 0 spiro atoms. The summed E-state index contributed by atoms with van der Waals surface area (Å²) < 4.78 is 12.8. The van der Waals surface area contributed by atoms with E-state index >= 15 is 0 Å². The zero-order chi connectivity index (χ0) is 15.9. The molecule has 0 aliphatic rings. The number of carbonyl (C=O) groups is 1. The van der Waals surface area contributed by atoms with E-state index in [-0.39, 0.29) is 12.4 Å². The number of hydrogen-bond donors (Lipinski definition) is 3. The van der Waals surface area contributed by atoms with Crippen LogP contribution < -0.4 is 10.6 Å². The van der Waals surface area contributed by atoms with E-state index in [0.717, 1.165) is 12.0 Å². The maximum atomic E-state index is 12.8. The van der Waals surface area contributed by atoms with Crippen LogP contribution in [0.5, 0.6) is 0 Å². The van der Waals surface area contributed by atoms with Crippen LogP contribution in [-0.4, -0.2) is 17.7 Å². The van der Waals surface area contributed by atoms with Crippen molar-refractivity contribution in [1.29, 1.82) is 0 Å². The van der Waals surface area contributed by atoms with E-state index in [1.165, 1.54) is 24.3 Å². The van der Waals surface area contributed by atoms with E-state index in [1.807, 2.05) is 25.1 Å². The van der Waals surface area contributed by atoms with E-state index in [2.05, 4.69) is 10.6 Å². The number of aliphatic hydroxyl groups excluding tert-OH is 1. The summed E-state index contributed by atoms with van der Waals surface area (Å²) in [5, 5.41) is 15.2. The Morgan fingerprint density at radius 1 is 1.23 bits per heavy atom. The van der Waals surface area contributed by atoms with E-state index in [0.29, 0.717) is 11.3 Å². The van der Waals surface area contributed by atoms with Gasteiger partial charge in [-0.2, -0.15) is 0 Å². The van der Waals surface area contributed by atoms with Gasteiger partial charge in [0, 0.05) is 12.2 Å². The lowest BCUT2D eigenvalue weighted by atomic mass is 10.1. The molecule has 0 saturated carbocycles. The summed E-state index contributed by atoms with van der Waals surface area (Å²) >= 11 is 0. The fourth-order valence-corrected chi connectivity index (χ4v) is 2.04. The molecule has 22 heavy (non-hydrogen) atoms. The van der Waals surface area contributed by atoms with Crippen LogP contribution in [0, 0.1) is 5.82 Å². The number of rotatable bonds is 5. The van der Waals surface area contributed by atoms with E-state index in [9.17, 15) is 14.3 Å². The molecule has 0 aromatic heterocycles. The summed E-state index contributed by atoms with van der Waals surface area (Å²) in [7, 11) is 0. The summed E-state index contributed by atoms with van der Waals surface area (Å²) in [4.78, 5) is 11.8. The molecule has 2 aromatic rings. The lowest BCUT2D eigenvalue weighted by Gasteiger charge is -2.13. The van der Waals surface area contributed by atoms with Gasteiger partial charge in [0.15, 0.2) is 0 Å². The molecule has 0 saturated heterocycles. The molecule has 0 aliphatic heterocycles. The van der Waals surface area contributed by atoms with Crippen molar-refractivity contribution in [2.75, 3.05) is 11.9 Å². The lowest BCUT2D eigenvalue weighted by Crippen LogP contribution is -2.32. The van der Waals surface area contributed by atoms with Gasteiger partial charge in [-0.1, -0.05) is 31.2 Å². The van der Waals surface area contributed by atoms with E-state index in [1.54, 1.807) is 6.07 Å². The molecule has 0 fully saturated rings. The highest BCUT2D eigenvalue weighted by Gasteiger charge is 2.09. The van der Waals surface area contributed by atoms with Crippen LogP contribution in [0.4, 0.5) is 14.9 Å². The van der Waals surface area contributed by atoms with Gasteiger partial charge in [0.25, 0.3) is 0 Å². The lowest BCUT2D eigenvalue weighted by molar-refractivity contribution is 0.175. The Balaban J connectivity index is 1.85. The minimum Gasteiger partial charge on any atom is -0.387 e. The van der Waals surface area contributed by atoms with Gasteiger partial charge in [0.05, 0.1) is 6.10 Å². The fourth-order valence-electron chi connectivity index (χ4n) is 2.04. The van der Waals surface area contributed by atoms with Crippen molar-refractivity contribution in [1.82, 2.24) is 5.32 Å². The average Bonchev–Trinajstić information content (AvgIpc) is 2.53. The van der Waals surface area contributed by atoms with Gasteiger partial charge in [0.2, 0.25) is 0 Å². The maximum Gasteiger partial charge on any atom is 0.319 e. The molecule has 2 amide bonds. The predicted molar refractivity (Wildman–Crippen MR) is 84.2 cm³/mol. The zero-order valence-corrected chi connectivity index (χ0v) is 12.3. The molecular weight excluding hydrogens is 283 g/mol. The van der Waals surface area contributed by atoms with Crippen LogP contribution in [0.1, 0.15) is 24.2 Å². The number of aliphatic hydroxyl groups is 1. The molecule has 2 aromatic carbocycles. The average molecular weight is 302 g/mol. The number of anilines is 1. The quantitative estimate of drug-likeness (QED) is 0.794. The minimum absolute atomic E-state index is 0.0466. The summed E-state index contributed by atoms with van der Waals surface area (Å²) in [6.07, 6.45) is 0.00813. The molecule has 4 nitrogen and oxygen atoms in total. The molecule has 0 radical (unpaired) electrons. The second-order valence-electron chi connectivity index (χ2n) is 4.96. The standard InChI is InChI=1S/C17H19FN2O2/c1-2-12-4-3-5-15(10-12)20-17(22)19-11-16(21)13-6-8-14(18)9-7-13/h3-10,16,21H,2,11H2,1H3,(H2,19,20,22). The van der Waals surface area contributed by atoms with Crippen molar-refractivity contribution in [3.05, 3.63) is 65.5 Å². The predicted octanol–water partition coefficient (Wildman–Crippen LogP) is 3.24.